The van der Waals surface area contributed by atoms with Crippen LogP contribution in [0.2, 0.25) is 0 Å². The highest BCUT2D eigenvalue weighted by atomic mass is 16.5. The highest BCUT2D eigenvalue weighted by molar-refractivity contribution is 6.13. The lowest BCUT2D eigenvalue weighted by Gasteiger charge is -2.16. The van der Waals surface area contributed by atoms with Crippen LogP contribution in [0.3, 0.4) is 0 Å². The zero-order valence-corrected chi connectivity index (χ0v) is 19.9. The van der Waals surface area contributed by atoms with Crippen LogP contribution in [-0.2, 0) is 4.74 Å². The Hall–Kier alpha value is -5.37. The number of amides is 2. The summed E-state index contributed by atoms with van der Waals surface area (Å²) in [5.74, 6) is -1.53. The Morgan fingerprint density at radius 1 is 1.08 bits per heavy atom. The first-order chi connectivity index (χ1) is 17.8. The molecule has 11 nitrogen and oxygen atoms in total. The van der Waals surface area contributed by atoms with Gasteiger partial charge in [0.05, 0.1) is 42.5 Å². The van der Waals surface area contributed by atoms with Crippen molar-refractivity contribution in [2.24, 2.45) is 0 Å². The van der Waals surface area contributed by atoms with Gasteiger partial charge in [-0.05, 0) is 42.0 Å². The van der Waals surface area contributed by atoms with Crippen LogP contribution in [0, 0.1) is 11.3 Å². The number of carboxylic acid groups (broad SMARTS) is 1. The van der Waals surface area contributed by atoms with Crippen molar-refractivity contribution in [2.75, 3.05) is 31.5 Å². The van der Waals surface area contributed by atoms with Crippen LogP contribution in [0.25, 0.3) is 22.1 Å². The minimum absolute atomic E-state index is 0.00620. The van der Waals surface area contributed by atoms with Gasteiger partial charge in [0, 0.05) is 24.4 Å². The number of nitrogens with zero attached hydrogens (tertiary/aromatic N) is 3. The monoisotopic (exact) mass is 500 g/mol. The molecule has 2 N–H and O–H groups in total. The summed E-state index contributed by atoms with van der Waals surface area (Å²) in [5.41, 5.74) is 2.09. The van der Waals surface area contributed by atoms with E-state index in [9.17, 15) is 19.5 Å². The van der Waals surface area contributed by atoms with Gasteiger partial charge in [0.2, 0.25) is 0 Å². The van der Waals surface area contributed by atoms with Crippen molar-refractivity contribution >= 4 is 40.3 Å². The van der Waals surface area contributed by atoms with E-state index >= 15 is 0 Å². The van der Waals surface area contributed by atoms with Crippen molar-refractivity contribution < 1.29 is 33.5 Å². The van der Waals surface area contributed by atoms with E-state index in [1.807, 2.05) is 6.07 Å². The van der Waals surface area contributed by atoms with Gasteiger partial charge in [-0.2, -0.15) is 5.26 Å². The number of benzene rings is 3. The largest absolute Gasteiger partial charge is 0.496 e. The molecule has 0 unspecified atom stereocenters. The van der Waals surface area contributed by atoms with Crippen molar-refractivity contribution in [3.05, 3.63) is 71.4 Å². The number of rotatable bonds is 6. The summed E-state index contributed by atoms with van der Waals surface area (Å²) in [6, 6.07) is 16.1. The molecule has 1 aromatic heterocycles. The van der Waals surface area contributed by atoms with E-state index in [4.69, 9.17) is 19.3 Å². The normalized spacial score (nSPS) is 10.4. The first-order valence-electron chi connectivity index (χ1n) is 10.8. The number of hydrogen-bond acceptors (Lipinski definition) is 8. The first kappa shape index (κ1) is 24.7. The van der Waals surface area contributed by atoms with Gasteiger partial charge >= 0.3 is 12.1 Å². The molecule has 0 fully saturated rings. The second-order valence-electron chi connectivity index (χ2n) is 7.79. The maximum atomic E-state index is 13.1. The maximum absolute atomic E-state index is 13.1. The predicted molar refractivity (Wildman–Crippen MR) is 133 cm³/mol. The van der Waals surface area contributed by atoms with E-state index in [1.165, 1.54) is 37.3 Å². The fourth-order valence-corrected chi connectivity index (χ4v) is 3.71. The lowest BCUT2D eigenvalue weighted by molar-refractivity contribution is 0.0698. The van der Waals surface area contributed by atoms with Gasteiger partial charge in [0.1, 0.15) is 5.75 Å². The number of nitriles is 1. The molecule has 11 heteroatoms. The molecule has 0 bridgehead atoms. The van der Waals surface area contributed by atoms with E-state index in [1.54, 1.807) is 43.4 Å². The number of aromatic carboxylic acids is 1. The smallest absolute Gasteiger partial charge is 0.413 e. The third-order valence-corrected chi connectivity index (χ3v) is 5.65. The average Bonchev–Trinajstić information content (AvgIpc) is 3.34. The van der Waals surface area contributed by atoms with Gasteiger partial charge in [-0.15, -0.1) is 0 Å². The van der Waals surface area contributed by atoms with E-state index in [0.29, 0.717) is 22.4 Å². The summed E-state index contributed by atoms with van der Waals surface area (Å²) in [6.07, 6.45) is -0.514. The summed E-state index contributed by atoms with van der Waals surface area (Å²) in [5, 5.41) is 25.3. The Morgan fingerprint density at radius 3 is 2.43 bits per heavy atom. The fraction of sp³-hybridized carbons (Fsp3) is 0.115. The molecule has 37 heavy (non-hydrogen) atoms. The minimum Gasteiger partial charge on any atom is -0.496 e. The molecular weight excluding hydrogens is 480 g/mol. The number of anilines is 2. The van der Waals surface area contributed by atoms with Gasteiger partial charge in [-0.3, -0.25) is 9.69 Å². The SMILES string of the molecule is COC(=O)N(C)c1ccc(-c2cc3c(C(=O)Nc4ccc(C#N)cc4C(=O)O)noc3cc2OC)cc1. The molecule has 1 heterocycles. The first-order valence-corrected chi connectivity index (χ1v) is 10.8. The number of fused-ring (bicyclic) bond motifs is 1. The molecule has 0 atom stereocenters. The van der Waals surface area contributed by atoms with Gasteiger partial charge < -0.3 is 24.4 Å². The Labute approximate surface area is 210 Å². The quantitative estimate of drug-likeness (QED) is 0.388. The van der Waals surface area contributed by atoms with Crippen LogP contribution < -0.4 is 15.0 Å². The number of nitrogens with one attached hydrogen (secondary N) is 1. The molecule has 0 radical (unpaired) electrons. The van der Waals surface area contributed by atoms with Crippen LogP contribution in [0.15, 0.2) is 59.1 Å². The maximum Gasteiger partial charge on any atom is 0.413 e. The number of carbonyl (C=O) groups is 3. The van der Waals surface area contributed by atoms with Crippen molar-refractivity contribution in [3.8, 4) is 22.9 Å². The molecule has 186 valence electrons. The van der Waals surface area contributed by atoms with Crippen LogP contribution in [0.4, 0.5) is 16.2 Å². The predicted octanol–water partition coefficient (Wildman–Crippen LogP) is 4.53. The molecule has 4 aromatic rings. The Morgan fingerprint density at radius 2 is 1.81 bits per heavy atom. The molecule has 0 aliphatic heterocycles. The molecular formula is C26H20N4O7. The van der Waals surface area contributed by atoms with Crippen molar-refractivity contribution in [3.63, 3.8) is 0 Å². The molecule has 0 spiro atoms. The average molecular weight is 500 g/mol. The zero-order valence-electron chi connectivity index (χ0n) is 19.9. The van der Waals surface area contributed by atoms with E-state index in [2.05, 4.69) is 10.5 Å². The number of methoxy groups -OCH3 is 2. The van der Waals surface area contributed by atoms with E-state index in [0.717, 1.165) is 5.56 Å². The number of hydrogen-bond donors (Lipinski definition) is 2. The third-order valence-electron chi connectivity index (χ3n) is 5.65. The zero-order chi connectivity index (χ0) is 26.7. The van der Waals surface area contributed by atoms with Crippen LogP contribution in [-0.4, -0.2) is 49.5 Å². The molecule has 0 saturated heterocycles. The Bertz CT molecular complexity index is 1570. The molecule has 4 rings (SSSR count). The van der Waals surface area contributed by atoms with E-state index < -0.39 is 18.0 Å². The third kappa shape index (κ3) is 4.76. The van der Waals surface area contributed by atoms with Gasteiger partial charge in [0.15, 0.2) is 11.3 Å². The molecule has 0 aliphatic rings. The number of carbonyl (C=O) groups excluding carboxylic acids is 2. The summed E-state index contributed by atoms with van der Waals surface area (Å²) in [7, 11) is 4.37. The summed E-state index contributed by atoms with van der Waals surface area (Å²) < 4.78 is 15.6. The highest BCUT2D eigenvalue weighted by Gasteiger charge is 2.22. The number of ether oxygens (including phenoxy) is 2. The number of aromatic nitrogens is 1. The second-order valence-corrected chi connectivity index (χ2v) is 7.79. The molecule has 0 saturated carbocycles. The lowest BCUT2D eigenvalue weighted by atomic mass is 10.0. The van der Waals surface area contributed by atoms with Crippen molar-refractivity contribution in [2.45, 2.75) is 0 Å². The Balaban J connectivity index is 1.71. The van der Waals surface area contributed by atoms with Gasteiger partial charge in [0.25, 0.3) is 5.91 Å². The minimum atomic E-state index is -1.30. The van der Waals surface area contributed by atoms with E-state index in [-0.39, 0.29) is 28.1 Å². The summed E-state index contributed by atoms with van der Waals surface area (Å²) in [4.78, 5) is 37.8. The van der Waals surface area contributed by atoms with Crippen molar-refractivity contribution in [1.82, 2.24) is 5.16 Å². The van der Waals surface area contributed by atoms with Gasteiger partial charge in [-0.25, -0.2) is 9.59 Å². The second kappa shape index (κ2) is 10.1. The van der Waals surface area contributed by atoms with Crippen molar-refractivity contribution in [1.29, 1.82) is 5.26 Å². The van der Waals surface area contributed by atoms with Crippen LogP contribution in [0.5, 0.6) is 5.75 Å². The Kier molecular flexibility index (Phi) is 6.75. The topological polar surface area (TPSA) is 155 Å². The standard InChI is InChI=1S/C26H20N4O7/c1-30(26(34)36-3)16-7-5-15(6-8-16)17-11-19-22(12-21(17)35-2)37-29-23(19)24(31)28-20-9-4-14(13-27)10-18(20)25(32)33/h4-12H,1-3H3,(H,28,31)(H,32,33). The summed E-state index contributed by atoms with van der Waals surface area (Å²) >= 11 is 0. The highest BCUT2D eigenvalue weighted by Crippen LogP contribution is 2.36. The fourth-order valence-electron chi connectivity index (χ4n) is 3.71. The lowest BCUT2D eigenvalue weighted by Crippen LogP contribution is -2.25. The number of carboxylic acids is 1. The van der Waals surface area contributed by atoms with Crippen LogP contribution in [0.1, 0.15) is 26.4 Å². The molecule has 0 aliphatic carbocycles. The van der Waals surface area contributed by atoms with Crippen LogP contribution >= 0.6 is 0 Å². The van der Waals surface area contributed by atoms with Gasteiger partial charge in [-0.1, -0.05) is 17.3 Å². The summed E-state index contributed by atoms with van der Waals surface area (Å²) in [6.45, 7) is 0. The molecule has 2 amide bonds. The molecule has 3 aromatic carbocycles.